The van der Waals surface area contributed by atoms with Gasteiger partial charge in [0.25, 0.3) is 0 Å². The molecule has 2 nitrogen and oxygen atoms in total. The van der Waals surface area contributed by atoms with Crippen molar-refractivity contribution in [1.29, 1.82) is 0 Å². The van der Waals surface area contributed by atoms with Gasteiger partial charge in [-0.05, 0) is 0 Å². The molecule has 7 heteroatoms. The zero-order valence-electron chi connectivity index (χ0n) is 6.81. The van der Waals surface area contributed by atoms with E-state index >= 15 is 0 Å². The van der Waals surface area contributed by atoms with Crippen LogP contribution in [0.25, 0.3) is 0 Å². The molecule has 0 fully saturated rings. The van der Waals surface area contributed by atoms with Crippen molar-refractivity contribution in [1.82, 2.24) is 9.97 Å². The van der Waals surface area contributed by atoms with Gasteiger partial charge < -0.3 is 4.98 Å². The standard InChI is InChI=1S/C7H5Cl3N2S2/c8-7(9,10)6-11-4-2-14-1-3(4)5(13)12-6/h1-2H2,(H,11,12,13). The SMILES string of the molecule is S=c1nc(C(Cl)(Cl)Cl)[nH]c2c1CSC2. The summed E-state index contributed by atoms with van der Waals surface area (Å²) in [6, 6.07) is 0. The van der Waals surface area contributed by atoms with Gasteiger partial charge in [-0.3, -0.25) is 0 Å². The molecule has 1 N–H and O–H groups in total. The van der Waals surface area contributed by atoms with Gasteiger partial charge in [0.2, 0.25) is 3.79 Å². The summed E-state index contributed by atoms with van der Waals surface area (Å²) in [6.45, 7) is 0. The van der Waals surface area contributed by atoms with E-state index in [1.807, 2.05) is 0 Å². The zero-order chi connectivity index (χ0) is 10.3. The summed E-state index contributed by atoms with van der Waals surface area (Å²) in [7, 11) is 0. The van der Waals surface area contributed by atoms with Gasteiger partial charge in [-0.25, -0.2) is 4.98 Å². The number of fused-ring (bicyclic) bond motifs is 1. The number of nitrogens with zero attached hydrogens (tertiary/aromatic N) is 1. The quantitative estimate of drug-likeness (QED) is 0.582. The molecule has 1 aromatic rings. The van der Waals surface area contributed by atoms with Crippen LogP contribution in [0.1, 0.15) is 17.1 Å². The second kappa shape index (κ2) is 3.83. The fraction of sp³-hybridized carbons (Fsp3) is 0.429. The van der Waals surface area contributed by atoms with Crippen LogP contribution in [0.2, 0.25) is 0 Å². The summed E-state index contributed by atoms with van der Waals surface area (Å²) < 4.78 is -0.999. The highest BCUT2D eigenvalue weighted by Gasteiger charge is 2.28. The van der Waals surface area contributed by atoms with Crippen LogP contribution in [0, 0.1) is 4.64 Å². The van der Waals surface area contributed by atoms with Crippen LogP contribution in [-0.4, -0.2) is 9.97 Å². The van der Waals surface area contributed by atoms with Crippen LogP contribution >= 0.6 is 58.8 Å². The predicted octanol–water partition coefficient (Wildman–Crippen LogP) is 3.71. The molecule has 1 aliphatic heterocycles. The summed E-state index contributed by atoms with van der Waals surface area (Å²) in [5.41, 5.74) is 2.08. The van der Waals surface area contributed by atoms with E-state index in [0.29, 0.717) is 10.5 Å². The molecule has 1 aliphatic rings. The molecule has 14 heavy (non-hydrogen) atoms. The highest BCUT2D eigenvalue weighted by atomic mass is 35.6. The minimum absolute atomic E-state index is 0.300. The number of halogens is 3. The van der Waals surface area contributed by atoms with E-state index < -0.39 is 3.79 Å². The van der Waals surface area contributed by atoms with Gasteiger partial charge in [-0.1, -0.05) is 47.0 Å². The molecule has 1 aromatic heterocycles. The third-order valence-electron chi connectivity index (χ3n) is 1.87. The van der Waals surface area contributed by atoms with Gasteiger partial charge in [0.15, 0.2) is 5.82 Å². The number of aromatic nitrogens is 2. The second-order valence-corrected chi connectivity index (χ2v) is 6.49. The summed E-state index contributed by atoms with van der Waals surface area (Å²) in [5, 5.41) is 0. The maximum Gasteiger partial charge on any atom is 0.248 e. The lowest BCUT2D eigenvalue weighted by atomic mass is 10.3. The number of rotatable bonds is 0. The van der Waals surface area contributed by atoms with Crippen molar-refractivity contribution in [3.05, 3.63) is 21.7 Å². The fourth-order valence-electron chi connectivity index (χ4n) is 1.21. The fourth-order valence-corrected chi connectivity index (χ4v) is 2.92. The first-order valence-electron chi connectivity index (χ1n) is 3.75. The van der Waals surface area contributed by atoms with Crippen molar-refractivity contribution in [2.24, 2.45) is 0 Å². The van der Waals surface area contributed by atoms with Gasteiger partial charge in [0.1, 0.15) is 4.64 Å². The maximum atomic E-state index is 5.72. The Morgan fingerprint density at radius 2 is 2.07 bits per heavy atom. The summed E-state index contributed by atoms with van der Waals surface area (Å²) in [6.07, 6.45) is 0. The van der Waals surface area contributed by atoms with Gasteiger partial charge in [0, 0.05) is 22.8 Å². The van der Waals surface area contributed by atoms with Crippen molar-refractivity contribution in [2.45, 2.75) is 15.3 Å². The molecule has 0 aliphatic carbocycles. The molecular weight excluding hydrogens is 283 g/mol. The molecule has 0 radical (unpaired) electrons. The molecule has 0 bridgehead atoms. The molecule has 0 amide bonds. The molecule has 0 saturated heterocycles. The summed E-state index contributed by atoms with van der Waals surface area (Å²) in [5.74, 6) is 2.06. The van der Waals surface area contributed by atoms with Gasteiger partial charge in [-0.15, -0.1) is 0 Å². The first kappa shape index (κ1) is 11.0. The van der Waals surface area contributed by atoms with Crippen LogP contribution < -0.4 is 0 Å². The Bertz CT molecular complexity index is 424. The highest BCUT2D eigenvalue weighted by Crippen LogP contribution is 2.38. The molecule has 2 rings (SSSR count). The Hall–Kier alpha value is 0.520. The number of H-pyrrole nitrogens is 1. The van der Waals surface area contributed by atoms with E-state index in [1.54, 1.807) is 11.8 Å². The maximum absolute atomic E-state index is 5.72. The number of thioether (sulfide) groups is 1. The summed E-state index contributed by atoms with van der Waals surface area (Å²) >= 11 is 24.0. The van der Waals surface area contributed by atoms with Crippen molar-refractivity contribution >= 4 is 58.8 Å². The van der Waals surface area contributed by atoms with Gasteiger partial charge in [0.05, 0.1) is 0 Å². The lowest BCUT2D eigenvalue weighted by Gasteiger charge is -2.11. The lowest BCUT2D eigenvalue weighted by molar-refractivity contribution is 0.917. The van der Waals surface area contributed by atoms with E-state index in [9.17, 15) is 0 Å². The third-order valence-corrected chi connectivity index (χ3v) is 3.73. The van der Waals surface area contributed by atoms with Gasteiger partial charge >= 0.3 is 0 Å². The number of hydrogen-bond donors (Lipinski definition) is 1. The Morgan fingerprint density at radius 1 is 1.36 bits per heavy atom. The predicted molar refractivity (Wildman–Crippen MR) is 63.7 cm³/mol. The minimum Gasteiger partial charge on any atom is -0.342 e. The molecule has 0 unspecified atom stereocenters. The number of alkyl halides is 3. The van der Waals surface area contributed by atoms with E-state index in [4.69, 9.17) is 47.0 Å². The highest BCUT2D eigenvalue weighted by molar-refractivity contribution is 7.98. The Kier molecular flexibility index (Phi) is 3.02. The van der Waals surface area contributed by atoms with Crippen molar-refractivity contribution in [3.8, 4) is 0 Å². The van der Waals surface area contributed by atoms with Crippen LogP contribution in [0.3, 0.4) is 0 Å². The number of nitrogens with one attached hydrogen (secondary N) is 1. The largest absolute Gasteiger partial charge is 0.342 e. The van der Waals surface area contributed by atoms with Crippen LogP contribution in [-0.2, 0) is 15.3 Å². The van der Waals surface area contributed by atoms with Crippen LogP contribution in [0.5, 0.6) is 0 Å². The van der Waals surface area contributed by atoms with Gasteiger partial charge in [-0.2, -0.15) is 11.8 Å². The summed E-state index contributed by atoms with van der Waals surface area (Å²) in [4.78, 5) is 7.08. The van der Waals surface area contributed by atoms with E-state index in [1.165, 1.54) is 0 Å². The average Bonchev–Trinajstić information content (AvgIpc) is 2.50. The molecule has 0 spiro atoms. The molecule has 0 saturated carbocycles. The topological polar surface area (TPSA) is 28.7 Å². The van der Waals surface area contributed by atoms with Crippen LogP contribution in [0.15, 0.2) is 0 Å². The van der Waals surface area contributed by atoms with Crippen molar-refractivity contribution in [2.75, 3.05) is 0 Å². The second-order valence-electron chi connectivity index (χ2n) is 2.84. The molecule has 0 aromatic carbocycles. The zero-order valence-corrected chi connectivity index (χ0v) is 10.7. The Labute approximate surface area is 105 Å². The lowest BCUT2D eigenvalue weighted by Crippen LogP contribution is -2.09. The molecule has 2 heterocycles. The molecular formula is C7H5Cl3N2S2. The first-order chi connectivity index (χ1) is 6.48. The Morgan fingerprint density at radius 3 is 2.71 bits per heavy atom. The minimum atomic E-state index is -1.53. The van der Waals surface area contributed by atoms with Crippen molar-refractivity contribution < 1.29 is 0 Å². The normalized spacial score (nSPS) is 15.6. The number of hydrogen-bond acceptors (Lipinski definition) is 3. The smallest absolute Gasteiger partial charge is 0.248 e. The van der Waals surface area contributed by atoms with Crippen molar-refractivity contribution in [3.63, 3.8) is 0 Å². The Balaban J connectivity index is 2.58. The first-order valence-corrected chi connectivity index (χ1v) is 6.45. The molecule has 0 atom stereocenters. The van der Waals surface area contributed by atoms with E-state index in [0.717, 1.165) is 22.8 Å². The van der Waals surface area contributed by atoms with E-state index in [-0.39, 0.29) is 0 Å². The monoisotopic (exact) mass is 286 g/mol. The van der Waals surface area contributed by atoms with E-state index in [2.05, 4.69) is 9.97 Å². The van der Waals surface area contributed by atoms with Crippen LogP contribution in [0.4, 0.5) is 0 Å². The number of aromatic amines is 1. The third kappa shape index (κ3) is 2.04. The molecule has 76 valence electrons. The average molecular weight is 288 g/mol.